The SMILES string of the molecule is CC(CNCCC1CC2CCC(C1)N2)c1nccs1. The summed E-state index contributed by atoms with van der Waals surface area (Å²) in [7, 11) is 0. The van der Waals surface area contributed by atoms with Crippen LogP contribution in [0.5, 0.6) is 0 Å². The van der Waals surface area contributed by atoms with E-state index >= 15 is 0 Å². The second-order valence-electron chi connectivity index (χ2n) is 6.24. The quantitative estimate of drug-likeness (QED) is 0.786. The van der Waals surface area contributed by atoms with Crippen molar-refractivity contribution in [1.82, 2.24) is 15.6 Å². The van der Waals surface area contributed by atoms with Gasteiger partial charge in [0.15, 0.2) is 0 Å². The van der Waals surface area contributed by atoms with Crippen molar-refractivity contribution < 1.29 is 0 Å². The lowest BCUT2D eigenvalue weighted by atomic mass is 9.90. The Balaban J connectivity index is 1.33. The van der Waals surface area contributed by atoms with Crippen LogP contribution in [0, 0.1) is 5.92 Å². The van der Waals surface area contributed by atoms with Crippen LogP contribution in [0.3, 0.4) is 0 Å². The first-order valence-corrected chi connectivity index (χ1v) is 8.55. The summed E-state index contributed by atoms with van der Waals surface area (Å²) < 4.78 is 0. The average molecular weight is 279 g/mol. The minimum atomic E-state index is 0.546. The van der Waals surface area contributed by atoms with Gasteiger partial charge in [-0.15, -0.1) is 11.3 Å². The summed E-state index contributed by atoms with van der Waals surface area (Å²) in [5, 5.41) is 10.7. The van der Waals surface area contributed by atoms with Gasteiger partial charge in [0.2, 0.25) is 0 Å². The third kappa shape index (κ3) is 3.56. The molecule has 0 spiro atoms. The van der Waals surface area contributed by atoms with Gasteiger partial charge >= 0.3 is 0 Å². The Labute approximate surface area is 120 Å². The molecule has 2 aliphatic heterocycles. The third-order valence-corrected chi connectivity index (χ3v) is 5.63. The molecule has 0 amide bonds. The Morgan fingerprint density at radius 3 is 2.89 bits per heavy atom. The fourth-order valence-corrected chi connectivity index (χ4v) is 4.30. The van der Waals surface area contributed by atoms with Crippen molar-refractivity contribution in [1.29, 1.82) is 0 Å². The fourth-order valence-electron chi connectivity index (χ4n) is 3.60. The molecule has 1 aromatic heterocycles. The molecule has 0 aromatic carbocycles. The Kier molecular flexibility index (Phi) is 4.51. The van der Waals surface area contributed by atoms with Gasteiger partial charge in [-0.05, 0) is 44.6 Å². The molecule has 3 rings (SSSR count). The van der Waals surface area contributed by atoms with Gasteiger partial charge in [-0.1, -0.05) is 6.92 Å². The smallest absolute Gasteiger partial charge is 0.0965 e. The number of nitrogens with one attached hydrogen (secondary N) is 2. The molecule has 2 fully saturated rings. The molecule has 0 saturated carbocycles. The second kappa shape index (κ2) is 6.33. The first-order chi connectivity index (χ1) is 9.31. The molecule has 2 aliphatic rings. The van der Waals surface area contributed by atoms with Gasteiger partial charge in [0.05, 0.1) is 5.01 Å². The molecule has 3 atom stereocenters. The maximum Gasteiger partial charge on any atom is 0.0965 e. The molecule has 3 unspecified atom stereocenters. The molecule has 1 aromatic rings. The number of fused-ring (bicyclic) bond motifs is 2. The molecule has 106 valence electrons. The lowest BCUT2D eigenvalue weighted by molar-refractivity contribution is 0.283. The van der Waals surface area contributed by atoms with Gasteiger partial charge in [-0.3, -0.25) is 0 Å². The molecular weight excluding hydrogens is 254 g/mol. The van der Waals surface area contributed by atoms with Crippen LogP contribution in [0.2, 0.25) is 0 Å². The lowest BCUT2D eigenvalue weighted by Crippen LogP contribution is -2.38. The number of piperidine rings is 1. The predicted octanol–water partition coefficient (Wildman–Crippen LogP) is 2.76. The summed E-state index contributed by atoms with van der Waals surface area (Å²) >= 11 is 1.77. The van der Waals surface area contributed by atoms with Crippen LogP contribution in [0.1, 0.15) is 50.0 Å². The predicted molar refractivity (Wildman–Crippen MR) is 80.7 cm³/mol. The van der Waals surface area contributed by atoms with Crippen molar-refractivity contribution in [2.75, 3.05) is 13.1 Å². The maximum absolute atomic E-state index is 4.38. The van der Waals surface area contributed by atoms with Crippen LogP contribution in [-0.4, -0.2) is 30.2 Å². The number of hydrogen-bond donors (Lipinski definition) is 2. The van der Waals surface area contributed by atoms with Crippen molar-refractivity contribution in [2.45, 2.75) is 57.0 Å². The van der Waals surface area contributed by atoms with E-state index in [0.717, 1.165) is 24.5 Å². The van der Waals surface area contributed by atoms with E-state index < -0.39 is 0 Å². The molecule has 0 aliphatic carbocycles. The first-order valence-electron chi connectivity index (χ1n) is 7.67. The van der Waals surface area contributed by atoms with Crippen molar-refractivity contribution in [3.05, 3.63) is 16.6 Å². The highest BCUT2D eigenvalue weighted by Crippen LogP contribution is 2.32. The highest BCUT2D eigenvalue weighted by Gasteiger charge is 2.32. The Bertz CT molecular complexity index is 367. The third-order valence-electron chi connectivity index (χ3n) is 4.62. The van der Waals surface area contributed by atoms with Gasteiger partial charge < -0.3 is 10.6 Å². The van der Waals surface area contributed by atoms with Crippen LogP contribution in [0.15, 0.2) is 11.6 Å². The van der Waals surface area contributed by atoms with Crippen LogP contribution in [0.4, 0.5) is 0 Å². The van der Waals surface area contributed by atoms with Gasteiger partial charge in [-0.2, -0.15) is 0 Å². The number of hydrogen-bond acceptors (Lipinski definition) is 4. The van der Waals surface area contributed by atoms with Crippen LogP contribution < -0.4 is 10.6 Å². The van der Waals surface area contributed by atoms with E-state index in [-0.39, 0.29) is 0 Å². The zero-order chi connectivity index (χ0) is 13.1. The maximum atomic E-state index is 4.38. The Morgan fingerprint density at radius 2 is 2.21 bits per heavy atom. The molecule has 3 nitrogen and oxygen atoms in total. The summed E-state index contributed by atoms with van der Waals surface area (Å²) in [5.41, 5.74) is 0. The molecule has 0 radical (unpaired) electrons. The van der Waals surface area contributed by atoms with Crippen LogP contribution >= 0.6 is 11.3 Å². The van der Waals surface area contributed by atoms with E-state index in [0.29, 0.717) is 5.92 Å². The molecule has 3 heterocycles. The summed E-state index contributed by atoms with van der Waals surface area (Å²) in [6.07, 6.45) is 8.88. The van der Waals surface area contributed by atoms with E-state index in [2.05, 4.69) is 27.9 Å². The summed E-state index contributed by atoms with van der Waals surface area (Å²) in [4.78, 5) is 4.38. The molecule has 2 N–H and O–H groups in total. The topological polar surface area (TPSA) is 37.0 Å². The molecule has 19 heavy (non-hydrogen) atoms. The Morgan fingerprint density at radius 1 is 1.42 bits per heavy atom. The zero-order valence-corrected chi connectivity index (χ0v) is 12.6. The van der Waals surface area contributed by atoms with Crippen molar-refractivity contribution in [3.63, 3.8) is 0 Å². The summed E-state index contributed by atoms with van der Waals surface area (Å²) in [6, 6.07) is 1.66. The molecule has 4 heteroatoms. The van der Waals surface area contributed by atoms with E-state index in [4.69, 9.17) is 0 Å². The van der Waals surface area contributed by atoms with Gasteiger partial charge in [0.1, 0.15) is 0 Å². The highest BCUT2D eigenvalue weighted by atomic mass is 32.1. The largest absolute Gasteiger partial charge is 0.316 e. The first kappa shape index (κ1) is 13.5. The monoisotopic (exact) mass is 279 g/mol. The standard InChI is InChI=1S/C15H25N3S/c1-11(15-17-6-7-19-15)10-16-5-4-12-8-13-2-3-14(9-12)18-13/h6-7,11-14,16,18H,2-5,8-10H2,1H3. The Hall–Kier alpha value is -0.450. The number of nitrogens with zero attached hydrogens (tertiary/aromatic N) is 1. The van der Waals surface area contributed by atoms with Crippen molar-refractivity contribution >= 4 is 11.3 Å². The highest BCUT2D eigenvalue weighted by molar-refractivity contribution is 7.09. The van der Waals surface area contributed by atoms with E-state index in [9.17, 15) is 0 Å². The fraction of sp³-hybridized carbons (Fsp3) is 0.800. The lowest BCUT2D eigenvalue weighted by Gasteiger charge is -2.29. The minimum Gasteiger partial charge on any atom is -0.316 e. The second-order valence-corrected chi connectivity index (χ2v) is 7.17. The van der Waals surface area contributed by atoms with Gasteiger partial charge in [0, 0.05) is 36.1 Å². The summed E-state index contributed by atoms with van der Waals surface area (Å²) in [6.45, 7) is 4.49. The minimum absolute atomic E-state index is 0.546. The van der Waals surface area contributed by atoms with E-state index in [1.54, 1.807) is 11.3 Å². The molecular formula is C15H25N3S. The van der Waals surface area contributed by atoms with Crippen LogP contribution in [-0.2, 0) is 0 Å². The molecule has 2 saturated heterocycles. The number of thiazole rings is 1. The van der Waals surface area contributed by atoms with Crippen LogP contribution in [0.25, 0.3) is 0 Å². The normalized spacial score (nSPS) is 31.5. The molecule has 2 bridgehead atoms. The van der Waals surface area contributed by atoms with Crippen molar-refractivity contribution in [2.24, 2.45) is 5.92 Å². The van der Waals surface area contributed by atoms with Crippen molar-refractivity contribution in [3.8, 4) is 0 Å². The number of aromatic nitrogens is 1. The van der Waals surface area contributed by atoms with Gasteiger partial charge in [0.25, 0.3) is 0 Å². The van der Waals surface area contributed by atoms with E-state index in [1.807, 2.05) is 6.20 Å². The zero-order valence-electron chi connectivity index (χ0n) is 11.8. The summed E-state index contributed by atoms with van der Waals surface area (Å²) in [5.74, 6) is 1.49. The average Bonchev–Trinajstić information content (AvgIpc) is 3.05. The van der Waals surface area contributed by atoms with E-state index in [1.165, 1.54) is 43.7 Å². The number of rotatable bonds is 6. The van der Waals surface area contributed by atoms with Gasteiger partial charge in [-0.25, -0.2) is 4.98 Å².